The van der Waals surface area contributed by atoms with Gasteiger partial charge in [0.05, 0.1) is 12.2 Å². The second-order valence-corrected chi connectivity index (χ2v) is 7.89. The highest BCUT2D eigenvalue weighted by Crippen LogP contribution is 2.18. The Kier molecular flexibility index (Phi) is 6.81. The maximum atomic E-state index is 12.5. The molecule has 1 amide bonds. The smallest absolute Gasteiger partial charge is 0.339 e. The number of thiophene rings is 1. The molecule has 0 saturated carbocycles. The fraction of sp³-hybridized carbons (Fsp3) is 0.381. The molecule has 3 heterocycles. The van der Waals surface area contributed by atoms with Crippen molar-refractivity contribution < 1.29 is 14.3 Å². The Morgan fingerprint density at radius 1 is 1.18 bits per heavy atom. The van der Waals surface area contributed by atoms with Crippen LogP contribution in [0.3, 0.4) is 0 Å². The van der Waals surface area contributed by atoms with Gasteiger partial charge in [-0.05, 0) is 50.6 Å². The molecule has 2 aromatic heterocycles. The summed E-state index contributed by atoms with van der Waals surface area (Å²) >= 11 is 1.68. The van der Waals surface area contributed by atoms with Gasteiger partial charge in [-0.15, -0.1) is 11.3 Å². The summed E-state index contributed by atoms with van der Waals surface area (Å²) in [5.74, 6) is 0.493. The van der Waals surface area contributed by atoms with Crippen molar-refractivity contribution in [3.8, 4) is 0 Å². The SMILES string of the molecule is CCOC(=O)c1ccc(N2CCCN(C(=O)/C=C/c3ccc(C)s3)CC2)nc1. The van der Waals surface area contributed by atoms with E-state index in [9.17, 15) is 9.59 Å². The molecule has 6 nitrogen and oxygen atoms in total. The predicted octanol–water partition coefficient (Wildman–Crippen LogP) is 3.38. The summed E-state index contributed by atoms with van der Waals surface area (Å²) in [6.07, 6.45) is 5.97. The summed E-state index contributed by atoms with van der Waals surface area (Å²) in [5.41, 5.74) is 0.450. The number of anilines is 1. The van der Waals surface area contributed by atoms with E-state index in [1.165, 1.54) is 4.88 Å². The van der Waals surface area contributed by atoms with E-state index < -0.39 is 0 Å². The van der Waals surface area contributed by atoms with E-state index in [0.717, 1.165) is 30.2 Å². The van der Waals surface area contributed by atoms with E-state index in [4.69, 9.17) is 4.74 Å². The highest BCUT2D eigenvalue weighted by Gasteiger charge is 2.19. The first-order valence-corrected chi connectivity index (χ1v) is 10.3. The average Bonchev–Trinajstić information content (AvgIpc) is 2.97. The quantitative estimate of drug-likeness (QED) is 0.570. The Morgan fingerprint density at radius 2 is 2.04 bits per heavy atom. The third-order valence-corrected chi connectivity index (χ3v) is 5.51. The molecule has 1 aliphatic rings. The van der Waals surface area contributed by atoms with Gasteiger partial charge in [0.2, 0.25) is 5.91 Å². The molecule has 1 saturated heterocycles. The number of hydrogen-bond acceptors (Lipinski definition) is 6. The monoisotopic (exact) mass is 399 g/mol. The zero-order chi connectivity index (χ0) is 19.9. The standard InChI is InChI=1S/C21H25N3O3S/c1-3-27-21(26)17-6-9-19(22-15-17)23-11-4-12-24(14-13-23)20(25)10-8-18-7-5-16(2)28-18/h5-10,15H,3-4,11-14H2,1-2H3/b10-8+. The number of carbonyl (C=O) groups is 2. The van der Waals surface area contributed by atoms with Gasteiger partial charge in [0.25, 0.3) is 0 Å². The van der Waals surface area contributed by atoms with Gasteiger partial charge in [0.1, 0.15) is 5.82 Å². The molecule has 0 bridgehead atoms. The number of rotatable bonds is 5. The summed E-state index contributed by atoms with van der Waals surface area (Å²) in [5, 5.41) is 0. The van der Waals surface area contributed by atoms with Crippen molar-refractivity contribution in [3.63, 3.8) is 0 Å². The number of pyridine rings is 1. The number of amides is 1. The largest absolute Gasteiger partial charge is 0.462 e. The van der Waals surface area contributed by atoms with Crippen LogP contribution in [0.2, 0.25) is 0 Å². The van der Waals surface area contributed by atoms with Crippen LogP contribution in [0, 0.1) is 6.92 Å². The summed E-state index contributed by atoms with van der Waals surface area (Å²) in [6, 6.07) is 7.65. The molecule has 0 N–H and O–H groups in total. The maximum Gasteiger partial charge on any atom is 0.339 e. The first-order valence-electron chi connectivity index (χ1n) is 9.48. The van der Waals surface area contributed by atoms with Crippen LogP contribution in [0.1, 0.15) is 33.5 Å². The van der Waals surface area contributed by atoms with Gasteiger partial charge in [0.15, 0.2) is 0 Å². The Bertz CT molecular complexity index is 845. The molecule has 2 aromatic rings. The van der Waals surface area contributed by atoms with Crippen molar-refractivity contribution in [2.24, 2.45) is 0 Å². The van der Waals surface area contributed by atoms with Crippen LogP contribution in [0.25, 0.3) is 6.08 Å². The third kappa shape index (κ3) is 5.19. The predicted molar refractivity (Wildman–Crippen MR) is 112 cm³/mol. The topological polar surface area (TPSA) is 62.7 Å². The van der Waals surface area contributed by atoms with Crippen LogP contribution in [-0.2, 0) is 9.53 Å². The molecule has 1 fully saturated rings. The summed E-state index contributed by atoms with van der Waals surface area (Å²) in [4.78, 5) is 35.0. The van der Waals surface area contributed by atoms with Crippen LogP contribution < -0.4 is 4.90 Å². The van der Waals surface area contributed by atoms with Crippen molar-refractivity contribution in [2.45, 2.75) is 20.3 Å². The zero-order valence-electron chi connectivity index (χ0n) is 16.3. The van der Waals surface area contributed by atoms with Gasteiger partial charge in [-0.3, -0.25) is 4.79 Å². The van der Waals surface area contributed by atoms with Gasteiger partial charge in [-0.1, -0.05) is 0 Å². The lowest BCUT2D eigenvalue weighted by Gasteiger charge is -2.22. The van der Waals surface area contributed by atoms with Gasteiger partial charge in [-0.2, -0.15) is 0 Å². The Labute approximate surface area is 169 Å². The fourth-order valence-corrected chi connectivity index (χ4v) is 3.86. The molecule has 0 atom stereocenters. The van der Waals surface area contributed by atoms with Crippen molar-refractivity contribution in [1.82, 2.24) is 9.88 Å². The van der Waals surface area contributed by atoms with Gasteiger partial charge >= 0.3 is 5.97 Å². The van der Waals surface area contributed by atoms with Gasteiger partial charge in [-0.25, -0.2) is 9.78 Å². The van der Waals surface area contributed by atoms with Crippen molar-refractivity contribution in [2.75, 3.05) is 37.7 Å². The Morgan fingerprint density at radius 3 is 2.71 bits per heavy atom. The second-order valence-electron chi connectivity index (χ2n) is 6.57. The lowest BCUT2D eigenvalue weighted by molar-refractivity contribution is -0.125. The highest BCUT2D eigenvalue weighted by molar-refractivity contribution is 7.12. The van der Waals surface area contributed by atoms with Gasteiger partial charge < -0.3 is 14.5 Å². The molecule has 0 unspecified atom stereocenters. The fourth-order valence-electron chi connectivity index (χ4n) is 3.08. The van der Waals surface area contributed by atoms with Crippen molar-refractivity contribution in [1.29, 1.82) is 0 Å². The van der Waals surface area contributed by atoms with Crippen LogP contribution in [-0.4, -0.2) is 54.5 Å². The van der Waals surface area contributed by atoms with Crippen LogP contribution in [0.5, 0.6) is 0 Å². The molecule has 0 radical (unpaired) electrons. The number of hydrogen-bond donors (Lipinski definition) is 0. The lowest BCUT2D eigenvalue weighted by Crippen LogP contribution is -2.34. The highest BCUT2D eigenvalue weighted by atomic mass is 32.1. The number of aryl methyl sites for hydroxylation is 1. The minimum absolute atomic E-state index is 0.0403. The number of carbonyl (C=O) groups excluding carboxylic acids is 2. The molecule has 28 heavy (non-hydrogen) atoms. The number of aromatic nitrogens is 1. The first-order chi connectivity index (χ1) is 13.6. The third-order valence-electron chi connectivity index (χ3n) is 4.54. The number of ether oxygens (including phenoxy) is 1. The average molecular weight is 400 g/mol. The molecule has 0 aromatic carbocycles. The second kappa shape index (κ2) is 9.50. The molecule has 1 aliphatic heterocycles. The van der Waals surface area contributed by atoms with E-state index in [1.807, 2.05) is 23.1 Å². The minimum atomic E-state index is -0.359. The van der Waals surface area contributed by atoms with E-state index >= 15 is 0 Å². The zero-order valence-corrected chi connectivity index (χ0v) is 17.1. The molecular weight excluding hydrogens is 374 g/mol. The van der Waals surface area contributed by atoms with Crippen LogP contribution in [0.15, 0.2) is 36.5 Å². The Hall–Kier alpha value is -2.67. The molecule has 0 spiro atoms. The minimum Gasteiger partial charge on any atom is -0.462 e. The van der Waals surface area contributed by atoms with E-state index in [2.05, 4.69) is 22.9 Å². The summed E-state index contributed by atoms with van der Waals surface area (Å²) < 4.78 is 4.99. The van der Waals surface area contributed by atoms with E-state index in [-0.39, 0.29) is 11.9 Å². The maximum absolute atomic E-state index is 12.5. The van der Waals surface area contributed by atoms with Crippen molar-refractivity contribution >= 4 is 35.1 Å². The van der Waals surface area contributed by atoms with Crippen LogP contribution in [0.4, 0.5) is 5.82 Å². The normalized spacial score (nSPS) is 14.9. The first kappa shape index (κ1) is 20.1. The molecule has 3 rings (SSSR count). The van der Waals surface area contributed by atoms with Crippen molar-refractivity contribution in [3.05, 3.63) is 51.9 Å². The van der Waals surface area contributed by atoms with Gasteiger partial charge in [0, 0.05) is 48.2 Å². The number of nitrogens with zero attached hydrogens (tertiary/aromatic N) is 3. The molecule has 148 valence electrons. The van der Waals surface area contributed by atoms with Crippen LogP contribution >= 0.6 is 11.3 Å². The Balaban J connectivity index is 1.57. The van der Waals surface area contributed by atoms with E-state index in [0.29, 0.717) is 25.3 Å². The molecular formula is C21H25N3O3S. The molecule has 7 heteroatoms. The van der Waals surface area contributed by atoms with E-state index in [1.54, 1.807) is 36.6 Å². The summed E-state index contributed by atoms with van der Waals surface area (Å²) in [6.45, 7) is 7.09. The number of esters is 1. The lowest BCUT2D eigenvalue weighted by atomic mass is 10.2. The summed E-state index contributed by atoms with van der Waals surface area (Å²) in [7, 11) is 0. The molecule has 0 aliphatic carbocycles.